The molecule has 20 heavy (non-hydrogen) atoms. The summed E-state index contributed by atoms with van der Waals surface area (Å²) < 4.78 is 15.4. The van der Waals surface area contributed by atoms with Gasteiger partial charge >= 0.3 is 5.97 Å². The molecule has 0 fully saturated rings. The maximum absolute atomic E-state index is 13.4. The van der Waals surface area contributed by atoms with Gasteiger partial charge in [-0.2, -0.15) is 0 Å². The molecule has 0 radical (unpaired) electrons. The van der Waals surface area contributed by atoms with Crippen LogP contribution in [-0.2, 0) is 6.54 Å². The number of aromatic carboxylic acids is 1. The molecule has 1 N–H and O–H groups in total. The third kappa shape index (κ3) is 2.16. The average molecular weight is 269 g/mol. The normalized spacial score (nSPS) is 10.8. The molecule has 0 saturated heterocycles. The molecule has 3 aromatic rings. The molecule has 0 aliphatic heterocycles. The Hall–Kier alpha value is -2.62. The monoisotopic (exact) mass is 269 g/mol. The van der Waals surface area contributed by atoms with Crippen molar-refractivity contribution in [2.24, 2.45) is 0 Å². The summed E-state index contributed by atoms with van der Waals surface area (Å²) in [6, 6.07) is 14.1. The molecule has 4 heteroatoms. The van der Waals surface area contributed by atoms with E-state index in [0.29, 0.717) is 6.54 Å². The van der Waals surface area contributed by atoms with E-state index in [1.807, 2.05) is 41.1 Å². The number of carbonyl (C=O) groups is 1. The Morgan fingerprint density at radius 3 is 2.75 bits per heavy atom. The fourth-order valence-electron chi connectivity index (χ4n) is 2.31. The Kier molecular flexibility index (Phi) is 2.99. The van der Waals surface area contributed by atoms with Crippen LogP contribution in [0.1, 0.15) is 15.9 Å². The van der Waals surface area contributed by atoms with Crippen LogP contribution < -0.4 is 0 Å². The van der Waals surface area contributed by atoms with Crippen LogP contribution in [0.4, 0.5) is 4.39 Å². The minimum Gasteiger partial charge on any atom is -0.478 e. The standard InChI is InChI=1S/C16H12FNO2/c17-14-6-5-11(9-13(14)16(19)20)10-18-8-7-12-3-1-2-4-15(12)18/h1-9H,10H2,(H,19,20). The van der Waals surface area contributed by atoms with Crippen molar-refractivity contribution >= 4 is 16.9 Å². The second kappa shape index (κ2) is 4.81. The van der Waals surface area contributed by atoms with Gasteiger partial charge < -0.3 is 9.67 Å². The Morgan fingerprint density at radius 2 is 1.95 bits per heavy atom. The molecular weight excluding hydrogens is 257 g/mol. The van der Waals surface area contributed by atoms with Crippen molar-refractivity contribution in [1.82, 2.24) is 4.57 Å². The Labute approximate surface area is 114 Å². The summed E-state index contributed by atoms with van der Waals surface area (Å²) in [6.07, 6.45) is 1.94. The van der Waals surface area contributed by atoms with Crippen molar-refractivity contribution in [3.8, 4) is 0 Å². The number of nitrogens with zero attached hydrogens (tertiary/aromatic N) is 1. The van der Waals surface area contributed by atoms with Gasteiger partial charge in [0.2, 0.25) is 0 Å². The van der Waals surface area contributed by atoms with Gasteiger partial charge in [-0.25, -0.2) is 9.18 Å². The van der Waals surface area contributed by atoms with Gasteiger partial charge in [0, 0.05) is 18.3 Å². The number of rotatable bonds is 3. The van der Waals surface area contributed by atoms with Crippen LogP contribution in [-0.4, -0.2) is 15.6 Å². The molecule has 0 unspecified atom stereocenters. The number of halogens is 1. The number of benzene rings is 2. The minimum atomic E-state index is -1.25. The van der Waals surface area contributed by atoms with Crippen LogP contribution in [0.3, 0.4) is 0 Å². The van der Waals surface area contributed by atoms with E-state index in [-0.39, 0.29) is 5.56 Å². The van der Waals surface area contributed by atoms with Gasteiger partial charge in [0.1, 0.15) is 5.82 Å². The summed E-state index contributed by atoms with van der Waals surface area (Å²) in [4.78, 5) is 10.9. The molecule has 0 bridgehead atoms. The number of aromatic nitrogens is 1. The van der Waals surface area contributed by atoms with Crippen molar-refractivity contribution < 1.29 is 14.3 Å². The molecule has 0 atom stereocenters. The molecule has 1 heterocycles. The zero-order valence-electron chi connectivity index (χ0n) is 10.6. The molecular formula is C16H12FNO2. The lowest BCUT2D eigenvalue weighted by Gasteiger charge is -2.07. The van der Waals surface area contributed by atoms with E-state index >= 15 is 0 Å². The highest BCUT2D eigenvalue weighted by atomic mass is 19.1. The molecule has 3 nitrogen and oxygen atoms in total. The molecule has 3 rings (SSSR count). The topological polar surface area (TPSA) is 42.2 Å². The average Bonchev–Trinajstić information content (AvgIpc) is 2.84. The van der Waals surface area contributed by atoms with Crippen LogP contribution in [0, 0.1) is 5.82 Å². The first-order valence-corrected chi connectivity index (χ1v) is 6.21. The fraction of sp³-hybridized carbons (Fsp3) is 0.0625. The third-order valence-corrected chi connectivity index (χ3v) is 3.29. The highest BCUT2D eigenvalue weighted by molar-refractivity contribution is 5.88. The summed E-state index contributed by atoms with van der Waals surface area (Å²) in [5.74, 6) is -1.96. The number of carboxylic acid groups (broad SMARTS) is 1. The lowest BCUT2D eigenvalue weighted by molar-refractivity contribution is 0.0691. The first-order valence-electron chi connectivity index (χ1n) is 6.21. The van der Waals surface area contributed by atoms with E-state index in [0.717, 1.165) is 16.5 Å². The van der Waals surface area contributed by atoms with Gasteiger partial charge in [-0.3, -0.25) is 0 Å². The lowest BCUT2D eigenvalue weighted by atomic mass is 10.1. The minimum absolute atomic E-state index is 0.293. The second-order valence-electron chi connectivity index (χ2n) is 4.62. The van der Waals surface area contributed by atoms with Crippen molar-refractivity contribution in [3.05, 3.63) is 71.7 Å². The molecule has 0 spiro atoms. The van der Waals surface area contributed by atoms with Crippen LogP contribution in [0.15, 0.2) is 54.7 Å². The summed E-state index contributed by atoms with van der Waals surface area (Å²) in [6.45, 7) is 0.508. The van der Waals surface area contributed by atoms with Gasteiger partial charge in [0.05, 0.1) is 5.56 Å². The van der Waals surface area contributed by atoms with E-state index in [1.54, 1.807) is 6.07 Å². The quantitative estimate of drug-likeness (QED) is 0.790. The van der Waals surface area contributed by atoms with Crippen molar-refractivity contribution in [2.45, 2.75) is 6.54 Å². The third-order valence-electron chi connectivity index (χ3n) is 3.29. The van der Waals surface area contributed by atoms with E-state index in [2.05, 4.69) is 0 Å². The summed E-state index contributed by atoms with van der Waals surface area (Å²) >= 11 is 0. The molecule has 0 aliphatic carbocycles. The highest BCUT2D eigenvalue weighted by Crippen LogP contribution is 2.18. The van der Waals surface area contributed by atoms with Crippen molar-refractivity contribution in [2.75, 3.05) is 0 Å². The van der Waals surface area contributed by atoms with Crippen molar-refractivity contribution in [1.29, 1.82) is 0 Å². The van der Waals surface area contributed by atoms with Gasteiger partial charge in [0.25, 0.3) is 0 Å². The zero-order valence-corrected chi connectivity index (χ0v) is 10.6. The maximum Gasteiger partial charge on any atom is 0.338 e. The lowest BCUT2D eigenvalue weighted by Crippen LogP contribution is -2.04. The van der Waals surface area contributed by atoms with E-state index in [9.17, 15) is 9.18 Å². The number of hydrogen-bond donors (Lipinski definition) is 1. The Bertz CT molecular complexity index is 792. The smallest absolute Gasteiger partial charge is 0.338 e. The van der Waals surface area contributed by atoms with Gasteiger partial charge in [0.15, 0.2) is 0 Å². The molecule has 0 aliphatic rings. The molecule has 100 valence electrons. The van der Waals surface area contributed by atoms with Crippen LogP contribution in [0.5, 0.6) is 0 Å². The predicted octanol–water partition coefficient (Wildman–Crippen LogP) is 3.53. The Morgan fingerprint density at radius 1 is 1.15 bits per heavy atom. The van der Waals surface area contributed by atoms with Crippen LogP contribution in [0.25, 0.3) is 10.9 Å². The van der Waals surface area contributed by atoms with E-state index < -0.39 is 11.8 Å². The second-order valence-corrected chi connectivity index (χ2v) is 4.62. The van der Waals surface area contributed by atoms with Gasteiger partial charge in [-0.05, 0) is 35.2 Å². The molecule has 2 aromatic carbocycles. The van der Waals surface area contributed by atoms with Gasteiger partial charge in [-0.1, -0.05) is 24.3 Å². The van der Waals surface area contributed by atoms with Crippen LogP contribution >= 0.6 is 0 Å². The van der Waals surface area contributed by atoms with Crippen molar-refractivity contribution in [3.63, 3.8) is 0 Å². The molecule has 1 aromatic heterocycles. The largest absolute Gasteiger partial charge is 0.478 e. The first-order chi connectivity index (χ1) is 9.65. The fourth-order valence-corrected chi connectivity index (χ4v) is 2.31. The van der Waals surface area contributed by atoms with E-state index in [1.165, 1.54) is 12.1 Å². The predicted molar refractivity (Wildman–Crippen MR) is 74.4 cm³/mol. The number of fused-ring (bicyclic) bond motifs is 1. The summed E-state index contributed by atoms with van der Waals surface area (Å²) in [5, 5.41) is 10.1. The van der Waals surface area contributed by atoms with Crippen LogP contribution in [0.2, 0.25) is 0 Å². The molecule has 0 saturated carbocycles. The zero-order chi connectivity index (χ0) is 14.1. The summed E-state index contributed by atoms with van der Waals surface area (Å²) in [5.41, 5.74) is 1.53. The maximum atomic E-state index is 13.4. The first kappa shape index (κ1) is 12.4. The highest BCUT2D eigenvalue weighted by Gasteiger charge is 2.11. The van der Waals surface area contributed by atoms with E-state index in [4.69, 9.17) is 5.11 Å². The SMILES string of the molecule is O=C(O)c1cc(Cn2ccc3ccccc32)ccc1F. The Balaban J connectivity index is 1.99. The van der Waals surface area contributed by atoms with Gasteiger partial charge in [-0.15, -0.1) is 0 Å². The number of carboxylic acids is 1. The number of hydrogen-bond acceptors (Lipinski definition) is 1. The number of para-hydroxylation sites is 1. The summed E-state index contributed by atoms with van der Waals surface area (Å²) in [7, 11) is 0. The molecule has 0 amide bonds.